The van der Waals surface area contributed by atoms with Crippen molar-refractivity contribution < 1.29 is 4.79 Å². The standard InChI is InChI=1S/C15H18N4O.ClH/c1-10-8-14(19(2)18-10)15(20)17-12-5-6-13-11(9-12)4-3-7-16-13;/h5-6,8-9,16H,3-4,7H2,1-2H3,(H,17,20);1H. The zero-order chi connectivity index (χ0) is 14.1. The topological polar surface area (TPSA) is 59.0 Å². The molecule has 112 valence electrons. The van der Waals surface area contributed by atoms with Gasteiger partial charge in [0.05, 0.1) is 5.69 Å². The Labute approximate surface area is 130 Å². The number of carbonyl (C=O) groups is 1. The number of aromatic nitrogens is 2. The van der Waals surface area contributed by atoms with Gasteiger partial charge in [-0.25, -0.2) is 0 Å². The van der Waals surface area contributed by atoms with Crippen molar-refractivity contribution in [2.24, 2.45) is 7.05 Å². The van der Waals surface area contributed by atoms with E-state index in [1.165, 1.54) is 11.3 Å². The highest BCUT2D eigenvalue weighted by molar-refractivity contribution is 6.03. The third-order valence-corrected chi connectivity index (χ3v) is 3.54. The number of hydrogen-bond acceptors (Lipinski definition) is 3. The van der Waals surface area contributed by atoms with Gasteiger partial charge in [-0.3, -0.25) is 9.48 Å². The highest BCUT2D eigenvalue weighted by atomic mass is 35.5. The maximum atomic E-state index is 12.2. The first-order valence-electron chi connectivity index (χ1n) is 6.82. The molecular weight excluding hydrogens is 288 g/mol. The number of carbonyl (C=O) groups excluding carboxylic acids is 1. The van der Waals surface area contributed by atoms with E-state index >= 15 is 0 Å². The zero-order valence-electron chi connectivity index (χ0n) is 12.1. The third-order valence-electron chi connectivity index (χ3n) is 3.54. The van der Waals surface area contributed by atoms with Crippen molar-refractivity contribution in [2.45, 2.75) is 19.8 Å². The van der Waals surface area contributed by atoms with Crippen molar-refractivity contribution in [3.05, 3.63) is 41.2 Å². The minimum absolute atomic E-state index is 0. The van der Waals surface area contributed by atoms with Crippen LogP contribution in [0.2, 0.25) is 0 Å². The molecule has 5 nitrogen and oxygen atoms in total. The lowest BCUT2D eigenvalue weighted by Crippen LogP contribution is -2.17. The molecule has 0 spiro atoms. The van der Waals surface area contributed by atoms with E-state index in [9.17, 15) is 4.79 Å². The second-order valence-corrected chi connectivity index (χ2v) is 5.15. The van der Waals surface area contributed by atoms with Crippen LogP contribution < -0.4 is 10.6 Å². The van der Waals surface area contributed by atoms with E-state index in [-0.39, 0.29) is 18.3 Å². The zero-order valence-corrected chi connectivity index (χ0v) is 13.0. The smallest absolute Gasteiger partial charge is 0.273 e. The lowest BCUT2D eigenvalue weighted by molar-refractivity contribution is 0.101. The van der Waals surface area contributed by atoms with Gasteiger partial charge in [-0.15, -0.1) is 12.4 Å². The summed E-state index contributed by atoms with van der Waals surface area (Å²) >= 11 is 0. The molecule has 0 unspecified atom stereocenters. The number of nitrogens with one attached hydrogen (secondary N) is 2. The molecule has 3 rings (SSSR count). The van der Waals surface area contributed by atoms with Gasteiger partial charge in [0.2, 0.25) is 0 Å². The summed E-state index contributed by atoms with van der Waals surface area (Å²) in [5.41, 5.74) is 4.67. The predicted octanol–water partition coefficient (Wildman–Crippen LogP) is 2.76. The van der Waals surface area contributed by atoms with E-state index < -0.39 is 0 Å². The SMILES string of the molecule is Cc1cc(C(=O)Nc2ccc3c(c2)CCCN3)n(C)n1.Cl. The number of benzene rings is 1. The molecule has 6 heteroatoms. The van der Waals surface area contributed by atoms with Crippen LogP contribution in [0.4, 0.5) is 11.4 Å². The Kier molecular flexibility index (Phi) is 4.53. The van der Waals surface area contributed by atoms with Gasteiger partial charge >= 0.3 is 0 Å². The van der Waals surface area contributed by atoms with Gasteiger partial charge in [0.15, 0.2) is 0 Å². The molecule has 2 N–H and O–H groups in total. The molecule has 1 aromatic heterocycles. The summed E-state index contributed by atoms with van der Waals surface area (Å²) in [7, 11) is 1.78. The number of aryl methyl sites for hydroxylation is 3. The van der Waals surface area contributed by atoms with Crippen LogP contribution in [0.5, 0.6) is 0 Å². The maximum Gasteiger partial charge on any atom is 0.273 e. The summed E-state index contributed by atoms with van der Waals surface area (Å²) in [5.74, 6) is -0.128. The maximum absolute atomic E-state index is 12.2. The molecular formula is C15H19ClN4O. The Hall–Kier alpha value is -2.01. The van der Waals surface area contributed by atoms with E-state index in [1.807, 2.05) is 25.1 Å². The molecule has 0 fully saturated rings. The molecule has 0 aliphatic carbocycles. The van der Waals surface area contributed by atoms with Gasteiger partial charge in [-0.2, -0.15) is 5.10 Å². The first kappa shape index (κ1) is 15.4. The van der Waals surface area contributed by atoms with Crippen molar-refractivity contribution in [1.82, 2.24) is 9.78 Å². The molecule has 0 saturated carbocycles. The Morgan fingerprint density at radius 3 is 2.90 bits per heavy atom. The summed E-state index contributed by atoms with van der Waals surface area (Å²) < 4.78 is 1.60. The van der Waals surface area contributed by atoms with E-state index in [0.717, 1.165) is 30.8 Å². The monoisotopic (exact) mass is 306 g/mol. The fourth-order valence-electron chi connectivity index (χ4n) is 2.57. The first-order chi connectivity index (χ1) is 9.63. The second-order valence-electron chi connectivity index (χ2n) is 5.15. The number of halogens is 1. The molecule has 0 atom stereocenters. The largest absolute Gasteiger partial charge is 0.385 e. The van der Waals surface area contributed by atoms with Gasteiger partial charge < -0.3 is 10.6 Å². The second kappa shape index (κ2) is 6.18. The minimum Gasteiger partial charge on any atom is -0.385 e. The predicted molar refractivity (Wildman–Crippen MR) is 86.4 cm³/mol. The molecule has 0 saturated heterocycles. The molecule has 1 aliphatic rings. The lowest BCUT2D eigenvalue weighted by atomic mass is 10.0. The molecule has 1 aliphatic heterocycles. The Balaban J connectivity index is 0.00000161. The molecule has 2 heterocycles. The molecule has 0 radical (unpaired) electrons. The fourth-order valence-corrected chi connectivity index (χ4v) is 2.57. The molecule has 1 aromatic carbocycles. The normalized spacial score (nSPS) is 12.9. The summed E-state index contributed by atoms with van der Waals surface area (Å²) in [4.78, 5) is 12.2. The fraction of sp³-hybridized carbons (Fsp3) is 0.333. The minimum atomic E-state index is -0.128. The van der Waals surface area contributed by atoms with Crippen LogP contribution in [0.3, 0.4) is 0 Å². The average molecular weight is 307 g/mol. The highest BCUT2D eigenvalue weighted by Crippen LogP contribution is 2.25. The van der Waals surface area contributed by atoms with Crippen molar-refractivity contribution >= 4 is 29.7 Å². The van der Waals surface area contributed by atoms with E-state index in [4.69, 9.17) is 0 Å². The number of rotatable bonds is 2. The van der Waals surface area contributed by atoms with Gasteiger partial charge in [0, 0.05) is 25.0 Å². The van der Waals surface area contributed by atoms with Crippen molar-refractivity contribution in [3.8, 4) is 0 Å². The van der Waals surface area contributed by atoms with E-state index in [0.29, 0.717) is 5.69 Å². The van der Waals surface area contributed by atoms with Gasteiger partial charge in [-0.1, -0.05) is 0 Å². The van der Waals surface area contributed by atoms with Crippen molar-refractivity contribution in [3.63, 3.8) is 0 Å². The van der Waals surface area contributed by atoms with Gasteiger partial charge in [-0.05, 0) is 49.6 Å². The average Bonchev–Trinajstić information content (AvgIpc) is 2.78. The van der Waals surface area contributed by atoms with Crippen LogP contribution in [0.15, 0.2) is 24.3 Å². The number of nitrogens with zero attached hydrogens (tertiary/aromatic N) is 2. The van der Waals surface area contributed by atoms with Crippen LogP contribution in [-0.2, 0) is 13.5 Å². The van der Waals surface area contributed by atoms with Crippen LogP contribution in [0.1, 0.15) is 28.2 Å². The Morgan fingerprint density at radius 2 is 2.19 bits per heavy atom. The number of hydrogen-bond donors (Lipinski definition) is 2. The van der Waals surface area contributed by atoms with E-state index in [2.05, 4.69) is 15.7 Å². The van der Waals surface area contributed by atoms with E-state index in [1.54, 1.807) is 17.8 Å². The molecule has 0 bridgehead atoms. The molecule has 2 aromatic rings. The Bertz CT molecular complexity index is 666. The summed E-state index contributed by atoms with van der Waals surface area (Å²) in [6.07, 6.45) is 2.18. The quantitative estimate of drug-likeness (QED) is 0.897. The van der Waals surface area contributed by atoms with Crippen LogP contribution in [-0.4, -0.2) is 22.2 Å². The highest BCUT2D eigenvalue weighted by Gasteiger charge is 2.14. The number of fused-ring (bicyclic) bond motifs is 1. The molecule has 1 amide bonds. The number of anilines is 2. The van der Waals surface area contributed by atoms with Gasteiger partial charge in [0.25, 0.3) is 5.91 Å². The summed E-state index contributed by atoms with van der Waals surface area (Å²) in [5, 5.41) is 10.5. The van der Waals surface area contributed by atoms with Crippen molar-refractivity contribution in [1.29, 1.82) is 0 Å². The first-order valence-corrected chi connectivity index (χ1v) is 6.82. The van der Waals surface area contributed by atoms with Gasteiger partial charge in [0.1, 0.15) is 5.69 Å². The van der Waals surface area contributed by atoms with Crippen LogP contribution >= 0.6 is 12.4 Å². The Morgan fingerprint density at radius 1 is 1.38 bits per heavy atom. The molecule has 21 heavy (non-hydrogen) atoms. The summed E-state index contributed by atoms with van der Waals surface area (Å²) in [6, 6.07) is 7.79. The van der Waals surface area contributed by atoms with Crippen molar-refractivity contribution in [2.75, 3.05) is 17.2 Å². The third kappa shape index (κ3) is 3.19. The van der Waals surface area contributed by atoms with Crippen LogP contribution in [0, 0.1) is 6.92 Å². The lowest BCUT2D eigenvalue weighted by Gasteiger charge is -2.18. The van der Waals surface area contributed by atoms with Crippen LogP contribution in [0.25, 0.3) is 0 Å². The summed E-state index contributed by atoms with van der Waals surface area (Å²) in [6.45, 7) is 2.90. The number of amides is 1.